The molecule has 0 aliphatic rings. The first-order valence-corrected chi connectivity index (χ1v) is 8.76. The van der Waals surface area contributed by atoms with Gasteiger partial charge < -0.3 is 15.0 Å². The lowest BCUT2D eigenvalue weighted by atomic mass is 10.1. The maximum atomic E-state index is 12.4. The summed E-state index contributed by atoms with van der Waals surface area (Å²) in [6, 6.07) is 17.6. The number of benzene rings is 2. The molecule has 0 aliphatic carbocycles. The monoisotopic (exact) mass is 364 g/mol. The molecule has 0 spiro atoms. The summed E-state index contributed by atoms with van der Waals surface area (Å²) in [5, 5.41) is 7.27. The minimum Gasteiger partial charge on any atom is -0.497 e. The van der Waals surface area contributed by atoms with Gasteiger partial charge in [-0.3, -0.25) is 4.79 Å². The molecule has 0 atom stereocenters. The van der Waals surface area contributed by atoms with Gasteiger partial charge in [-0.15, -0.1) is 0 Å². The standard InChI is InChI=1S/C21H24N4O2/c1-24(2)18-9-7-16(8-10-18)15-25-20(11-12-22-25)23-21(26)14-17-5-4-6-19(13-17)27-3/h4-13H,14-15H2,1-3H3,(H,23,26). The molecular weight excluding hydrogens is 340 g/mol. The van der Waals surface area contributed by atoms with Crippen LogP contribution in [0.15, 0.2) is 60.8 Å². The van der Waals surface area contributed by atoms with Gasteiger partial charge in [0.1, 0.15) is 11.6 Å². The van der Waals surface area contributed by atoms with Gasteiger partial charge in [-0.2, -0.15) is 5.10 Å². The Kier molecular flexibility index (Phi) is 5.76. The van der Waals surface area contributed by atoms with Crippen molar-refractivity contribution in [2.75, 3.05) is 31.4 Å². The Balaban J connectivity index is 1.64. The molecule has 0 saturated heterocycles. The number of rotatable bonds is 7. The molecule has 0 fully saturated rings. The molecule has 6 heteroatoms. The highest BCUT2D eigenvalue weighted by Crippen LogP contribution is 2.16. The molecule has 27 heavy (non-hydrogen) atoms. The van der Waals surface area contributed by atoms with Crippen LogP contribution in [0.3, 0.4) is 0 Å². The number of anilines is 2. The van der Waals surface area contributed by atoms with Crippen molar-refractivity contribution in [2.24, 2.45) is 0 Å². The number of carbonyl (C=O) groups excluding carboxylic acids is 1. The average molecular weight is 364 g/mol. The first kappa shape index (κ1) is 18.5. The van der Waals surface area contributed by atoms with Gasteiger partial charge in [0.15, 0.2) is 0 Å². The third kappa shape index (κ3) is 4.88. The number of ether oxygens (including phenoxy) is 1. The van der Waals surface area contributed by atoms with E-state index in [4.69, 9.17) is 4.74 Å². The summed E-state index contributed by atoms with van der Waals surface area (Å²) in [6.07, 6.45) is 1.97. The summed E-state index contributed by atoms with van der Waals surface area (Å²) >= 11 is 0. The van der Waals surface area contributed by atoms with Crippen LogP contribution in [0.25, 0.3) is 0 Å². The van der Waals surface area contributed by atoms with Crippen molar-refractivity contribution in [1.29, 1.82) is 0 Å². The molecular formula is C21H24N4O2. The average Bonchev–Trinajstić information content (AvgIpc) is 3.08. The maximum absolute atomic E-state index is 12.4. The molecule has 1 amide bonds. The number of hydrogen-bond acceptors (Lipinski definition) is 4. The minimum absolute atomic E-state index is 0.0899. The predicted molar refractivity (Wildman–Crippen MR) is 107 cm³/mol. The first-order valence-electron chi connectivity index (χ1n) is 8.76. The van der Waals surface area contributed by atoms with E-state index in [-0.39, 0.29) is 12.3 Å². The smallest absolute Gasteiger partial charge is 0.229 e. The normalized spacial score (nSPS) is 10.5. The molecule has 1 aromatic heterocycles. The molecule has 3 rings (SSSR count). The fourth-order valence-electron chi connectivity index (χ4n) is 2.79. The summed E-state index contributed by atoms with van der Waals surface area (Å²) < 4.78 is 6.99. The predicted octanol–water partition coefficient (Wildman–Crippen LogP) is 3.19. The molecule has 1 N–H and O–H groups in total. The van der Waals surface area contributed by atoms with Gasteiger partial charge in [0.05, 0.1) is 26.3 Å². The molecule has 0 aliphatic heterocycles. The SMILES string of the molecule is COc1cccc(CC(=O)Nc2ccnn2Cc2ccc(N(C)C)cc2)c1. The molecule has 2 aromatic carbocycles. The van der Waals surface area contributed by atoms with Crippen molar-refractivity contribution in [1.82, 2.24) is 9.78 Å². The van der Waals surface area contributed by atoms with Crippen LogP contribution in [0.4, 0.5) is 11.5 Å². The second kappa shape index (κ2) is 8.40. The largest absolute Gasteiger partial charge is 0.497 e. The summed E-state index contributed by atoms with van der Waals surface area (Å²) in [6.45, 7) is 0.593. The molecule has 140 valence electrons. The first-order chi connectivity index (χ1) is 13.0. The molecule has 1 heterocycles. The Hall–Kier alpha value is -3.28. The van der Waals surface area contributed by atoms with Crippen LogP contribution in [0.2, 0.25) is 0 Å². The summed E-state index contributed by atoms with van der Waals surface area (Å²) in [5.74, 6) is 1.33. The zero-order valence-corrected chi connectivity index (χ0v) is 15.8. The van der Waals surface area contributed by atoms with Gasteiger partial charge >= 0.3 is 0 Å². The van der Waals surface area contributed by atoms with E-state index in [0.717, 1.165) is 22.6 Å². The second-order valence-corrected chi connectivity index (χ2v) is 6.51. The van der Waals surface area contributed by atoms with E-state index in [1.807, 2.05) is 38.4 Å². The minimum atomic E-state index is -0.0899. The zero-order chi connectivity index (χ0) is 19.2. The number of hydrogen-bond donors (Lipinski definition) is 1. The van der Waals surface area contributed by atoms with Crippen LogP contribution in [-0.4, -0.2) is 36.9 Å². The third-order valence-electron chi connectivity index (χ3n) is 4.27. The number of nitrogens with zero attached hydrogens (tertiary/aromatic N) is 3. The lowest BCUT2D eigenvalue weighted by molar-refractivity contribution is -0.115. The zero-order valence-electron chi connectivity index (χ0n) is 15.8. The van der Waals surface area contributed by atoms with Crippen LogP contribution in [0.1, 0.15) is 11.1 Å². The van der Waals surface area contributed by atoms with Crippen molar-refractivity contribution >= 4 is 17.4 Å². The second-order valence-electron chi connectivity index (χ2n) is 6.51. The number of methoxy groups -OCH3 is 1. The van der Waals surface area contributed by atoms with Crippen molar-refractivity contribution in [3.63, 3.8) is 0 Å². The maximum Gasteiger partial charge on any atom is 0.229 e. The van der Waals surface area contributed by atoms with Gasteiger partial charge in [-0.25, -0.2) is 4.68 Å². The molecule has 3 aromatic rings. The van der Waals surface area contributed by atoms with Gasteiger partial charge in [0.25, 0.3) is 0 Å². The number of nitrogens with one attached hydrogen (secondary N) is 1. The Bertz CT molecular complexity index is 901. The highest BCUT2D eigenvalue weighted by Gasteiger charge is 2.09. The van der Waals surface area contributed by atoms with E-state index in [2.05, 4.69) is 39.6 Å². The van der Waals surface area contributed by atoms with Gasteiger partial charge in [-0.1, -0.05) is 24.3 Å². The Labute approximate surface area is 159 Å². The summed E-state index contributed by atoms with van der Waals surface area (Å²) in [5.41, 5.74) is 3.16. The fourth-order valence-corrected chi connectivity index (χ4v) is 2.79. The Morgan fingerprint density at radius 3 is 2.59 bits per heavy atom. The van der Waals surface area contributed by atoms with Crippen molar-refractivity contribution in [2.45, 2.75) is 13.0 Å². The van der Waals surface area contributed by atoms with Crippen molar-refractivity contribution in [3.05, 3.63) is 71.9 Å². The summed E-state index contributed by atoms with van der Waals surface area (Å²) in [4.78, 5) is 14.5. The van der Waals surface area contributed by atoms with Gasteiger partial charge in [0.2, 0.25) is 5.91 Å². The lowest BCUT2D eigenvalue weighted by Crippen LogP contribution is -2.18. The Morgan fingerprint density at radius 2 is 1.89 bits per heavy atom. The summed E-state index contributed by atoms with van der Waals surface area (Å²) in [7, 11) is 5.64. The lowest BCUT2D eigenvalue weighted by Gasteiger charge is -2.13. The van der Waals surface area contributed by atoms with Crippen molar-refractivity contribution < 1.29 is 9.53 Å². The van der Waals surface area contributed by atoms with E-state index in [0.29, 0.717) is 12.4 Å². The molecule has 0 radical (unpaired) electrons. The highest BCUT2D eigenvalue weighted by molar-refractivity contribution is 5.91. The highest BCUT2D eigenvalue weighted by atomic mass is 16.5. The van der Waals surface area contributed by atoms with E-state index in [1.165, 1.54) is 0 Å². The third-order valence-corrected chi connectivity index (χ3v) is 4.27. The van der Waals surface area contributed by atoms with E-state index in [9.17, 15) is 4.79 Å². The number of carbonyl (C=O) groups is 1. The van der Waals surface area contributed by atoms with E-state index >= 15 is 0 Å². The van der Waals surface area contributed by atoms with Gasteiger partial charge in [-0.05, 0) is 35.4 Å². The quantitative estimate of drug-likeness (QED) is 0.699. The van der Waals surface area contributed by atoms with E-state index < -0.39 is 0 Å². The fraction of sp³-hybridized carbons (Fsp3) is 0.238. The van der Waals surface area contributed by atoms with Crippen LogP contribution in [0.5, 0.6) is 5.75 Å². The van der Waals surface area contributed by atoms with Crippen LogP contribution in [-0.2, 0) is 17.8 Å². The molecule has 0 bridgehead atoms. The topological polar surface area (TPSA) is 59.4 Å². The molecule has 0 unspecified atom stereocenters. The van der Waals surface area contributed by atoms with Crippen LogP contribution < -0.4 is 15.0 Å². The van der Waals surface area contributed by atoms with E-state index in [1.54, 1.807) is 24.1 Å². The van der Waals surface area contributed by atoms with Gasteiger partial charge in [0, 0.05) is 25.8 Å². The van der Waals surface area contributed by atoms with Crippen LogP contribution in [0, 0.1) is 0 Å². The van der Waals surface area contributed by atoms with Crippen LogP contribution >= 0.6 is 0 Å². The molecule has 6 nitrogen and oxygen atoms in total. The number of aromatic nitrogens is 2. The Morgan fingerprint density at radius 1 is 1.11 bits per heavy atom. The molecule has 0 saturated carbocycles. The number of amides is 1. The van der Waals surface area contributed by atoms with Crippen molar-refractivity contribution in [3.8, 4) is 5.75 Å².